The van der Waals surface area contributed by atoms with Gasteiger partial charge in [-0.1, -0.05) is 47.1 Å². The molecule has 2 amide bonds. The number of carbonyl (C=O) groups is 3. The van der Waals surface area contributed by atoms with Gasteiger partial charge in [-0.2, -0.15) is 0 Å². The van der Waals surface area contributed by atoms with E-state index < -0.39 is 17.8 Å². The molecule has 8 heteroatoms. The molecule has 0 saturated carbocycles. The van der Waals surface area contributed by atoms with Crippen molar-refractivity contribution in [1.82, 2.24) is 0 Å². The van der Waals surface area contributed by atoms with Crippen molar-refractivity contribution in [3.05, 3.63) is 99.0 Å². The number of imide groups is 1. The largest absolute Gasteiger partial charge is 0.459 e. The quantitative estimate of drug-likeness (QED) is 0.282. The Kier molecular flexibility index (Phi) is 7.52. The van der Waals surface area contributed by atoms with Crippen LogP contribution in [0.3, 0.4) is 0 Å². The second-order valence-corrected chi connectivity index (χ2v) is 10.1. The van der Waals surface area contributed by atoms with Crippen molar-refractivity contribution < 1.29 is 19.1 Å². The summed E-state index contributed by atoms with van der Waals surface area (Å²) in [5.41, 5.74) is 3.34. The molecular weight excluding hydrogens is 496 g/mol. The lowest BCUT2D eigenvalue weighted by Gasteiger charge is -2.16. The first-order valence-electron chi connectivity index (χ1n) is 11.4. The minimum atomic E-state index is -0.494. The van der Waals surface area contributed by atoms with E-state index in [2.05, 4.69) is 5.32 Å². The summed E-state index contributed by atoms with van der Waals surface area (Å²) in [5.74, 6) is -1.42. The monoisotopic (exact) mass is 520 g/mol. The van der Waals surface area contributed by atoms with Crippen molar-refractivity contribution in [1.29, 1.82) is 0 Å². The van der Waals surface area contributed by atoms with Crippen LogP contribution in [-0.4, -0.2) is 23.9 Å². The summed E-state index contributed by atoms with van der Waals surface area (Å²) in [6, 6.07) is 19.3. The molecule has 3 aromatic rings. The van der Waals surface area contributed by atoms with Gasteiger partial charge in [-0.25, -0.2) is 9.69 Å². The Morgan fingerprint density at radius 2 is 1.61 bits per heavy atom. The molecule has 36 heavy (non-hydrogen) atoms. The van der Waals surface area contributed by atoms with E-state index in [0.717, 1.165) is 20.9 Å². The lowest BCUT2D eigenvalue weighted by Crippen LogP contribution is -2.32. The molecule has 0 aromatic heterocycles. The topological polar surface area (TPSA) is 75.7 Å². The number of anilines is 2. The summed E-state index contributed by atoms with van der Waals surface area (Å²) in [7, 11) is 0. The molecule has 1 aliphatic heterocycles. The standard InChI is InChI=1S/C28H25ClN2O4S/c1-16(2)35-28(34)19-10-12-20(13-11-19)31-26(32)24(30-23-7-5-6-22(29)18(23)4)25(27(31)33)36-21-14-8-17(3)9-15-21/h5-16,30H,1-4H3. The van der Waals surface area contributed by atoms with E-state index >= 15 is 0 Å². The number of nitrogens with one attached hydrogen (secondary N) is 1. The zero-order chi connectivity index (χ0) is 26.0. The molecule has 0 saturated heterocycles. The number of aryl methyl sites for hydroxylation is 1. The molecule has 1 aliphatic rings. The van der Waals surface area contributed by atoms with Crippen molar-refractivity contribution in [2.45, 2.75) is 38.7 Å². The number of halogens is 1. The van der Waals surface area contributed by atoms with Gasteiger partial charge < -0.3 is 10.1 Å². The predicted molar refractivity (Wildman–Crippen MR) is 143 cm³/mol. The van der Waals surface area contributed by atoms with Crippen LogP contribution in [0.25, 0.3) is 0 Å². The summed E-state index contributed by atoms with van der Waals surface area (Å²) < 4.78 is 5.22. The molecule has 1 N–H and O–H groups in total. The van der Waals surface area contributed by atoms with Gasteiger partial charge in [0, 0.05) is 15.6 Å². The third kappa shape index (κ3) is 5.32. The second kappa shape index (κ2) is 10.6. The van der Waals surface area contributed by atoms with E-state index in [9.17, 15) is 14.4 Å². The van der Waals surface area contributed by atoms with Crippen molar-refractivity contribution in [3.8, 4) is 0 Å². The Bertz CT molecular complexity index is 1370. The fourth-order valence-electron chi connectivity index (χ4n) is 3.58. The molecular formula is C28H25ClN2O4S. The minimum absolute atomic E-state index is 0.166. The SMILES string of the molecule is Cc1ccc(SC2=C(Nc3cccc(Cl)c3C)C(=O)N(c3ccc(C(=O)OC(C)C)cc3)C2=O)cc1. The third-order valence-electron chi connectivity index (χ3n) is 5.51. The van der Waals surface area contributed by atoms with Crippen LogP contribution in [0.1, 0.15) is 35.3 Å². The number of ether oxygens (including phenoxy) is 1. The molecule has 0 fully saturated rings. The Labute approximate surface area is 219 Å². The van der Waals surface area contributed by atoms with Crippen molar-refractivity contribution in [2.75, 3.05) is 10.2 Å². The number of thioether (sulfide) groups is 1. The molecule has 0 aliphatic carbocycles. The number of rotatable bonds is 7. The second-order valence-electron chi connectivity index (χ2n) is 8.60. The normalized spacial score (nSPS) is 13.6. The van der Waals surface area contributed by atoms with Crippen LogP contribution in [0.15, 0.2) is 82.2 Å². The number of hydrogen-bond acceptors (Lipinski definition) is 6. The van der Waals surface area contributed by atoms with Gasteiger partial charge in [0.15, 0.2) is 0 Å². The van der Waals surface area contributed by atoms with Gasteiger partial charge >= 0.3 is 5.97 Å². The highest BCUT2D eigenvalue weighted by molar-refractivity contribution is 8.04. The zero-order valence-corrected chi connectivity index (χ0v) is 21.9. The summed E-state index contributed by atoms with van der Waals surface area (Å²) >= 11 is 7.50. The van der Waals surface area contributed by atoms with Crippen LogP contribution in [-0.2, 0) is 14.3 Å². The van der Waals surface area contributed by atoms with Gasteiger partial charge in [-0.15, -0.1) is 0 Å². The first-order valence-corrected chi connectivity index (χ1v) is 12.6. The molecule has 0 bridgehead atoms. The van der Waals surface area contributed by atoms with E-state index in [1.165, 1.54) is 11.8 Å². The molecule has 0 atom stereocenters. The number of esters is 1. The highest BCUT2D eigenvalue weighted by Gasteiger charge is 2.40. The third-order valence-corrected chi connectivity index (χ3v) is 7.01. The van der Waals surface area contributed by atoms with E-state index in [0.29, 0.717) is 22.0 Å². The number of benzene rings is 3. The molecule has 0 spiro atoms. The van der Waals surface area contributed by atoms with Gasteiger partial charge in [0.2, 0.25) is 0 Å². The van der Waals surface area contributed by atoms with Gasteiger partial charge in [-0.3, -0.25) is 9.59 Å². The van der Waals surface area contributed by atoms with Crippen molar-refractivity contribution in [2.24, 2.45) is 0 Å². The fourth-order valence-corrected chi connectivity index (χ4v) is 4.68. The average molecular weight is 521 g/mol. The van der Waals surface area contributed by atoms with Crippen LogP contribution in [0.4, 0.5) is 11.4 Å². The summed E-state index contributed by atoms with van der Waals surface area (Å²) in [6.07, 6.45) is -0.256. The lowest BCUT2D eigenvalue weighted by atomic mass is 10.2. The molecule has 4 rings (SSSR count). The summed E-state index contributed by atoms with van der Waals surface area (Å²) in [5, 5.41) is 3.70. The Balaban J connectivity index is 1.70. The van der Waals surface area contributed by atoms with E-state index in [-0.39, 0.29) is 16.7 Å². The van der Waals surface area contributed by atoms with Crippen LogP contribution in [0.5, 0.6) is 0 Å². The first kappa shape index (κ1) is 25.5. The molecule has 3 aromatic carbocycles. The van der Waals surface area contributed by atoms with Crippen LogP contribution in [0.2, 0.25) is 5.02 Å². The zero-order valence-electron chi connectivity index (χ0n) is 20.3. The van der Waals surface area contributed by atoms with Crippen molar-refractivity contribution in [3.63, 3.8) is 0 Å². The maximum Gasteiger partial charge on any atom is 0.338 e. The summed E-state index contributed by atoms with van der Waals surface area (Å²) in [4.78, 5) is 41.6. The Hall–Kier alpha value is -3.55. The van der Waals surface area contributed by atoms with Gasteiger partial charge in [-0.05, 0) is 81.8 Å². The number of hydrogen-bond donors (Lipinski definition) is 1. The van der Waals surface area contributed by atoms with Crippen LogP contribution < -0.4 is 10.2 Å². The van der Waals surface area contributed by atoms with Gasteiger partial charge in [0.05, 0.1) is 17.4 Å². The minimum Gasteiger partial charge on any atom is -0.459 e. The van der Waals surface area contributed by atoms with E-state index in [1.54, 1.807) is 56.3 Å². The molecule has 6 nitrogen and oxygen atoms in total. The fraction of sp³-hybridized carbons (Fsp3) is 0.179. The lowest BCUT2D eigenvalue weighted by molar-refractivity contribution is -0.120. The number of nitrogens with zero attached hydrogens (tertiary/aromatic N) is 1. The molecule has 184 valence electrons. The maximum absolute atomic E-state index is 13.6. The highest BCUT2D eigenvalue weighted by Crippen LogP contribution is 2.38. The Morgan fingerprint density at radius 3 is 2.25 bits per heavy atom. The average Bonchev–Trinajstić information content (AvgIpc) is 3.07. The van der Waals surface area contributed by atoms with Crippen LogP contribution in [0, 0.1) is 13.8 Å². The molecule has 0 radical (unpaired) electrons. The summed E-state index contributed by atoms with van der Waals surface area (Å²) in [6.45, 7) is 7.35. The molecule has 0 unspecified atom stereocenters. The Morgan fingerprint density at radius 1 is 0.944 bits per heavy atom. The maximum atomic E-state index is 13.6. The number of amides is 2. The van der Waals surface area contributed by atoms with Crippen LogP contribution >= 0.6 is 23.4 Å². The number of carbonyl (C=O) groups excluding carboxylic acids is 3. The van der Waals surface area contributed by atoms with E-state index in [1.807, 2.05) is 38.1 Å². The van der Waals surface area contributed by atoms with Gasteiger partial charge in [0.1, 0.15) is 10.6 Å². The highest BCUT2D eigenvalue weighted by atomic mass is 35.5. The van der Waals surface area contributed by atoms with Crippen molar-refractivity contribution >= 4 is 52.5 Å². The first-order chi connectivity index (χ1) is 17.2. The smallest absolute Gasteiger partial charge is 0.338 e. The van der Waals surface area contributed by atoms with E-state index in [4.69, 9.17) is 16.3 Å². The predicted octanol–water partition coefficient (Wildman–Crippen LogP) is 6.51. The molecule has 1 heterocycles. The van der Waals surface area contributed by atoms with Gasteiger partial charge in [0.25, 0.3) is 11.8 Å².